The Hall–Kier alpha value is -2.17. The topological polar surface area (TPSA) is 34.1 Å². The fourth-order valence-corrected chi connectivity index (χ4v) is 2.93. The molecule has 2 aromatic carbocycles. The van der Waals surface area contributed by atoms with Crippen LogP contribution in [0.3, 0.4) is 0 Å². The fourth-order valence-electron chi connectivity index (χ4n) is 2.52. The molecule has 0 spiro atoms. The van der Waals surface area contributed by atoms with Gasteiger partial charge in [-0.3, -0.25) is 4.98 Å². The van der Waals surface area contributed by atoms with Gasteiger partial charge in [0.05, 0.1) is 0 Å². The Morgan fingerprint density at radius 2 is 1.84 bits per heavy atom. The molecule has 1 aromatic heterocycles. The van der Waals surface area contributed by atoms with Gasteiger partial charge in [0.1, 0.15) is 12.4 Å². The molecule has 3 nitrogen and oxygen atoms in total. The van der Waals surface area contributed by atoms with Crippen molar-refractivity contribution in [1.82, 2.24) is 10.3 Å². The molecule has 4 heteroatoms. The van der Waals surface area contributed by atoms with Gasteiger partial charge in [-0.05, 0) is 42.3 Å². The number of hydrogen-bond donors (Lipinski definition) is 1. The van der Waals surface area contributed by atoms with E-state index in [0.717, 1.165) is 28.9 Å². The maximum atomic E-state index is 6.05. The number of hydrogen-bond acceptors (Lipinski definition) is 3. The Balaban J connectivity index is 1.62. The minimum absolute atomic E-state index is 0.567. The lowest BCUT2D eigenvalue weighted by molar-refractivity contribution is 0.302. The predicted molar refractivity (Wildman–Crippen MR) is 104 cm³/mol. The summed E-state index contributed by atoms with van der Waals surface area (Å²) in [4.78, 5) is 4.14. The van der Waals surface area contributed by atoms with Gasteiger partial charge in [-0.2, -0.15) is 0 Å². The monoisotopic (exact) mass is 396 g/mol. The summed E-state index contributed by atoms with van der Waals surface area (Å²) in [7, 11) is 0. The normalized spacial score (nSPS) is 10.6. The number of nitrogens with one attached hydrogen (secondary N) is 1. The standard InChI is InChI=1S/C21H21BrN2O/c1-16-4-6-17(7-5-16)15-25-21-9-8-20(22)11-19(21)14-24-13-18-3-2-10-23-12-18/h2-12,24H,13-15H2,1H3. The number of nitrogens with zero attached hydrogens (tertiary/aromatic N) is 1. The zero-order chi connectivity index (χ0) is 17.5. The van der Waals surface area contributed by atoms with Crippen LogP contribution < -0.4 is 10.1 Å². The first-order valence-corrected chi connectivity index (χ1v) is 9.06. The molecule has 0 fully saturated rings. The summed E-state index contributed by atoms with van der Waals surface area (Å²) in [6, 6.07) is 18.6. The van der Waals surface area contributed by atoms with Crippen LogP contribution in [0.15, 0.2) is 71.5 Å². The zero-order valence-electron chi connectivity index (χ0n) is 14.2. The first kappa shape index (κ1) is 17.6. The predicted octanol–water partition coefficient (Wildman–Crippen LogP) is 5.02. The second kappa shape index (κ2) is 8.79. The van der Waals surface area contributed by atoms with Crippen LogP contribution in [0, 0.1) is 6.92 Å². The highest BCUT2D eigenvalue weighted by Gasteiger charge is 2.06. The van der Waals surface area contributed by atoms with Crippen LogP contribution in [0.1, 0.15) is 22.3 Å². The second-order valence-corrected chi connectivity index (χ2v) is 6.91. The molecule has 0 bridgehead atoms. The highest BCUT2D eigenvalue weighted by atomic mass is 79.9. The highest BCUT2D eigenvalue weighted by molar-refractivity contribution is 9.10. The first-order valence-electron chi connectivity index (χ1n) is 8.27. The number of pyridine rings is 1. The summed E-state index contributed by atoms with van der Waals surface area (Å²) >= 11 is 3.54. The third-order valence-corrected chi connectivity index (χ3v) is 4.40. The number of halogens is 1. The summed E-state index contributed by atoms with van der Waals surface area (Å²) in [5.41, 5.74) is 4.72. The van der Waals surface area contributed by atoms with E-state index in [1.165, 1.54) is 16.7 Å². The number of ether oxygens (including phenoxy) is 1. The molecule has 0 radical (unpaired) electrons. The highest BCUT2D eigenvalue weighted by Crippen LogP contribution is 2.24. The van der Waals surface area contributed by atoms with Crippen LogP contribution in [0.4, 0.5) is 0 Å². The molecule has 3 rings (SSSR count). The summed E-state index contributed by atoms with van der Waals surface area (Å²) in [6.07, 6.45) is 3.66. The Labute approximate surface area is 157 Å². The van der Waals surface area contributed by atoms with Crippen LogP contribution >= 0.6 is 15.9 Å². The minimum Gasteiger partial charge on any atom is -0.489 e. The maximum Gasteiger partial charge on any atom is 0.124 e. The molecule has 0 amide bonds. The lowest BCUT2D eigenvalue weighted by Crippen LogP contribution is -2.13. The zero-order valence-corrected chi connectivity index (χ0v) is 15.8. The van der Waals surface area contributed by atoms with Crippen molar-refractivity contribution in [2.45, 2.75) is 26.6 Å². The van der Waals surface area contributed by atoms with Gasteiger partial charge in [0, 0.05) is 35.5 Å². The Morgan fingerprint density at radius 1 is 1.00 bits per heavy atom. The molecule has 1 heterocycles. The Kier molecular flexibility index (Phi) is 6.20. The van der Waals surface area contributed by atoms with E-state index >= 15 is 0 Å². The SMILES string of the molecule is Cc1ccc(COc2ccc(Br)cc2CNCc2cccnc2)cc1. The van der Waals surface area contributed by atoms with Gasteiger partial charge >= 0.3 is 0 Å². The van der Waals surface area contributed by atoms with Crippen molar-refractivity contribution in [2.75, 3.05) is 0 Å². The Bertz CT molecular complexity index is 804. The van der Waals surface area contributed by atoms with Crippen LogP contribution in [0.5, 0.6) is 5.75 Å². The van der Waals surface area contributed by atoms with E-state index in [-0.39, 0.29) is 0 Å². The molecule has 1 N–H and O–H groups in total. The van der Waals surface area contributed by atoms with Gasteiger partial charge in [0.25, 0.3) is 0 Å². The third kappa shape index (κ3) is 5.41. The molecule has 25 heavy (non-hydrogen) atoms. The van der Waals surface area contributed by atoms with E-state index in [0.29, 0.717) is 6.61 Å². The molecule has 0 saturated carbocycles. The average Bonchev–Trinajstić information content (AvgIpc) is 2.63. The van der Waals surface area contributed by atoms with Crippen molar-refractivity contribution in [2.24, 2.45) is 0 Å². The van der Waals surface area contributed by atoms with Gasteiger partial charge in [-0.25, -0.2) is 0 Å². The Morgan fingerprint density at radius 3 is 2.60 bits per heavy atom. The van der Waals surface area contributed by atoms with Crippen molar-refractivity contribution in [3.63, 3.8) is 0 Å². The minimum atomic E-state index is 0.567. The number of benzene rings is 2. The molecule has 128 valence electrons. The van der Waals surface area contributed by atoms with Gasteiger partial charge < -0.3 is 10.1 Å². The van der Waals surface area contributed by atoms with E-state index in [1.807, 2.05) is 24.4 Å². The summed E-state index contributed by atoms with van der Waals surface area (Å²) in [5.74, 6) is 0.905. The molecular formula is C21H21BrN2O. The largest absolute Gasteiger partial charge is 0.489 e. The van der Waals surface area contributed by atoms with Gasteiger partial charge in [0.15, 0.2) is 0 Å². The van der Waals surface area contributed by atoms with E-state index in [2.05, 4.69) is 69.6 Å². The quantitative estimate of drug-likeness (QED) is 0.608. The van der Waals surface area contributed by atoms with Crippen molar-refractivity contribution in [3.8, 4) is 5.75 Å². The molecule has 3 aromatic rings. The van der Waals surface area contributed by atoms with Gasteiger partial charge in [-0.15, -0.1) is 0 Å². The fraction of sp³-hybridized carbons (Fsp3) is 0.190. The first-order chi connectivity index (χ1) is 12.2. The summed E-state index contributed by atoms with van der Waals surface area (Å²) in [6.45, 7) is 4.16. The third-order valence-electron chi connectivity index (χ3n) is 3.90. The van der Waals surface area contributed by atoms with Crippen LogP contribution in [-0.4, -0.2) is 4.98 Å². The maximum absolute atomic E-state index is 6.05. The smallest absolute Gasteiger partial charge is 0.124 e. The number of aromatic nitrogens is 1. The average molecular weight is 397 g/mol. The van der Waals surface area contributed by atoms with E-state index in [1.54, 1.807) is 6.20 Å². The van der Waals surface area contributed by atoms with Crippen LogP contribution in [0.25, 0.3) is 0 Å². The van der Waals surface area contributed by atoms with E-state index < -0.39 is 0 Å². The van der Waals surface area contributed by atoms with Crippen LogP contribution in [0.2, 0.25) is 0 Å². The van der Waals surface area contributed by atoms with Crippen molar-refractivity contribution in [3.05, 3.63) is 93.7 Å². The molecule has 0 saturated heterocycles. The van der Waals surface area contributed by atoms with Crippen molar-refractivity contribution in [1.29, 1.82) is 0 Å². The number of rotatable bonds is 7. The number of aryl methyl sites for hydroxylation is 1. The molecule has 0 unspecified atom stereocenters. The van der Waals surface area contributed by atoms with E-state index in [9.17, 15) is 0 Å². The summed E-state index contributed by atoms with van der Waals surface area (Å²) < 4.78 is 7.10. The molecular weight excluding hydrogens is 376 g/mol. The van der Waals surface area contributed by atoms with E-state index in [4.69, 9.17) is 4.74 Å². The molecule has 0 atom stereocenters. The molecule has 0 aliphatic carbocycles. The van der Waals surface area contributed by atoms with Gasteiger partial charge in [-0.1, -0.05) is 51.8 Å². The second-order valence-electron chi connectivity index (χ2n) is 5.99. The van der Waals surface area contributed by atoms with Crippen LogP contribution in [-0.2, 0) is 19.7 Å². The lowest BCUT2D eigenvalue weighted by atomic mass is 10.1. The van der Waals surface area contributed by atoms with Crippen molar-refractivity contribution >= 4 is 15.9 Å². The van der Waals surface area contributed by atoms with Gasteiger partial charge in [0.2, 0.25) is 0 Å². The molecule has 0 aliphatic heterocycles. The van der Waals surface area contributed by atoms with Crippen molar-refractivity contribution < 1.29 is 4.74 Å². The lowest BCUT2D eigenvalue weighted by Gasteiger charge is -2.13. The summed E-state index contributed by atoms with van der Waals surface area (Å²) in [5, 5.41) is 3.45. The molecule has 0 aliphatic rings.